The highest BCUT2D eigenvalue weighted by atomic mass is 16.5. The molecule has 16 heavy (non-hydrogen) atoms. The minimum absolute atomic E-state index is 0.695. The fourth-order valence-corrected chi connectivity index (χ4v) is 2.31. The first-order valence-electron chi connectivity index (χ1n) is 6.08. The molecule has 0 saturated heterocycles. The van der Waals surface area contributed by atoms with Gasteiger partial charge >= 0.3 is 0 Å². The maximum atomic E-state index is 5.10. The third kappa shape index (κ3) is 3.20. The molecule has 0 spiro atoms. The summed E-state index contributed by atoms with van der Waals surface area (Å²) in [6.45, 7) is 2.06. The molecule has 1 aliphatic rings. The van der Waals surface area contributed by atoms with Crippen LogP contribution in [-0.2, 0) is 6.54 Å². The number of nitrogens with one attached hydrogen (secondary N) is 1. The molecule has 3 nitrogen and oxygen atoms in total. The van der Waals surface area contributed by atoms with Crippen LogP contribution in [0.5, 0.6) is 5.88 Å². The van der Waals surface area contributed by atoms with Gasteiger partial charge in [0.25, 0.3) is 0 Å². The van der Waals surface area contributed by atoms with Crippen molar-refractivity contribution >= 4 is 0 Å². The van der Waals surface area contributed by atoms with Crippen molar-refractivity contribution in [3.63, 3.8) is 0 Å². The van der Waals surface area contributed by atoms with E-state index in [2.05, 4.69) is 10.3 Å². The van der Waals surface area contributed by atoms with E-state index < -0.39 is 0 Å². The van der Waals surface area contributed by atoms with Crippen molar-refractivity contribution in [1.82, 2.24) is 10.3 Å². The second-order valence-electron chi connectivity index (χ2n) is 4.49. The van der Waals surface area contributed by atoms with Gasteiger partial charge < -0.3 is 10.1 Å². The monoisotopic (exact) mass is 220 g/mol. The molecule has 0 amide bonds. The fraction of sp³-hybridized carbons (Fsp3) is 0.615. The summed E-state index contributed by atoms with van der Waals surface area (Å²) in [7, 11) is 1.65. The lowest BCUT2D eigenvalue weighted by atomic mass is 10.1. The Morgan fingerprint density at radius 1 is 1.44 bits per heavy atom. The molecule has 2 rings (SSSR count). The molecule has 0 aliphatic heterocycles. The van der Waals surface area contributed by atoms with Crippen LogP contribution in [0.1, 0.15) is 31.2 Å². The standard InChI is InChI=1S/C13H20N2O/c1-16-13-8-12(6-7-15-13)10-14-9-11-4-2-3-5-11/h6-8,11,14H,2-5,9-10H2,1H3. The summed E-state index contributed by atoms with van der Waals surface area (Å²) in [5.41, 5.74) is 1.24. The Hall–Kier alpha value is -1.09. The van der Waals surface area contributed by atoms with Crippen LogP contribution in [0.3, 0.4) is 0 Å². The van der Waals surface area contributed by atoms with E-state index >= 15 is 0 Å². The van der Waals surface area contributed by atoms with E-state index in [4.69, 9.17) is 4.74 Å². The van der Waals surface area contributed by atoms with Gasteiger partial charge in [-0.1, -0.05) is 12.8 Å². The highest BCUT2D eigenvalue weighted by molar-refractivity contribution is 5.20. The first-order chi connectivity index (χ1) is 7.88. The summed E-state index contributed by atoms with van der Waals surface area (Å²) in [4.78, 5) is 4.09. The molecule has 1 N–H and O–H groups in total. The topological polar surface area (TPSA) is 34.1 Å². The summed E-state index contributed by atoms with van der Waals surface area (Å²) >= 11 is 0. The molecular weight excluding hydrogens is 200 g/mol. The Morgan fingerprint density at radius 2 is 2.25 bits per heavy atom. The van der Waals surface area contributed by atoms with Crippen molar-refractivity contribution in [3.8, 4) is 5.88 Å². The van der Waals surface area contributed by atoms with Crippen molar-refractivity contribution in [1.29, 1.82) is 0 Å². The van der Waals surface area contributed by atoms with Crippen molar-refractivity contribution < 1.29 is 4.74 Å². The van der Waals surface area contributed by atoms with E-state index in [0.717, 1.165) is 19.0 Å². The zero-order valence-corrected chi connectivity index (χ0v) is 9.91. The number of aromatic nitrogens is 1. The number of pyridine rings is 1. The van der Waals surface area contributed by atoms with Gasteiger partial charge in [0, 0.05) is 18.8 Å². The highest BCUT2D eigenvalue weighted by Gasteiger charge is 2.13. The molecule has 1 aromatic rings. The van der Waals surface area contributed by atoms with E-state index in [0.29, 0.717) is 5.88 Å². The van der Waals surface area contributed by atoms with Gasteiger partial charge in [0.15, 0.2) is 0 Å². The maximum absolute atomic E-state index is 5.10. The van der Waals surface area contributed by atoms with Crippen molar-refractivity contribution in [3.05, 3.63) is 23.9 Å². The van der Waals surface area contributed by atoms with Crippen molar-refractivity contribution in [2.75, 3.05) is 13.7 Å². The molecule has 88 valence electrons. The second kappa shape index (κ2) is 5.85. The van der Waals surface area contributed by atoms with E-state index in [1.807, 2.05) is 12.1 Å². The molecule has 3 heteroatoms. The zero-order valence-electron chi connectivity index (χ0n) is 9.91. The number of nitrogens with zero attached hydrogens (tertiary/aromatic N) is 1. The Kier molecular flexibility index (Phi) is 4.17. The highest BCUT2D eigenvalue weighted by Crippen LogP contribution is 2.23. The normalized spacial score (nSPS) is 16.6. The molecule has 1 aliphatic carbocycles. The molecule has 0 bridgehead atoms. The summed E-state index contributed by atoms with van der Waals surface area (Å²) in [5, 5.41) is 3.51. The van der Waals surface area contributed by atoms with E-state index in [9.17, 15) is 0 Å². The number of methoxy groups -OCH3 is 1. The Morgan fingerprint density at radius 3 is 3.00 bits per heavy atom. The Balaban J connectivity index is 1.75. The van der Waals surface area contributed by atoms with Gasteiger partial charge in [-0.3, -0.25) is 0 Å². The van der Waals surface area contributed by atoms with Gasteiger partial charge in [0.1, 0.15) is 0 Å². The predicted molar refractivity (Wildman–Crippen MR) is 64.5 cm³/mol. The average Bonchev–Trinajstić information content (AvgIpc) is 2.82. The van der Waals surface area contributed by atoms with Crippen LogP contribution >= 0.6 is 0 Å². The van der Waals surface area contributed by atoms with Crippen LogP contribution in [-0.4, -0.2) is 18.6 Å². The van der Waals surface area contributed by atoms with Gasteiger partial charge in [-0.25, -0.2) is 4.98 Å². The SMILES string of the molecule is COc1cc(CNCC2CCCC2)ccn1. The third-order valence-corrected chi connectivity index (χ3v) is 3.25. The molecule has 0 atom stereocenters. The van der Waals surface area contributed by atoms with Crippen molar-refractivity contribution in [2.24, 2.45) is 5.92 Å². The second-order valence-corrected chi connectivity index (χ2v) is 4.49. The van der Waals surface area contributed by atoms with E-state index in [-0.39, 0.29) is 0 Å². The average molecular weight is 220 g/mol. The van der Waals surface area contributed by atoms with Crippen LogP contribution in [0.15, 0.2) is 18.3 Å². The molecule has 1 heterocycles. The van der Waals surface area contributed by atoms with Crippen LogP contribution < -0.4 is 10.1 Å². The lowest BCUT2D eigenvalue weighted by Gasteiger charge is -2.10. The van der Waals surface area contributed by atoms with Gasteiger partial charge in [-0.05, 0) is 36.9 Å². The van der Waals surface area contributed by atoms with E-state index in [1.165, 1.54) is 31.2 Å². The van der Waals surface area contributed by atoms with Crippen LogP contribution in [0.4, 0.5) is 0 Å². The van der Waals surface area contributed by atoms with Crippen LogP contribution in [0, 0.1) is 5.92 Å². The minimum atomic E-state index is 0.695. The summed E-state index contributed by atoms with van der Waals surface area (Å²) in [6, 6.07) is 4.02. The van der Waals surface area contributed by atoms with Gasteiger partial charge in [0.2, 0.25) is 5.88 Å². The third-order valence-electron chi connectivity index (χ3n) is 3.25. The molecule has 1 saturated carbocycles. The summed E-state index contributed by atoms with van der Waals surface area (Å²) < 4.78 is 5.10. The molecule has 0 aromatic carbocycles. The van der Waals surface area contributed by atoms with Crippen molar-refractivity contribution in [2.45, 2.75) is 32.2 Å². The fourth-order valence-electron chi connectivity index (χ4n) is 2.31. The number of rotatable bonds is 5. The molecule has 1 fully saturated rings. The summed E-state index contributed by atoms with van der Waals surface area (Å²) in [5.74, 6) is 1.59. The Bertz CT molecular complexity index is 321. The summed E-state index contributed by atoms with van der Waals surface area (Å²) in [6.07, 6.45) is 7.41. The molecule has 1 aromatic heterocycles. The lowest BCUT2D eigenvalue weighted by molar-refractivity contribution is 0.397. The Labute approximate surface area is 97.2 Å². The molecular formula is C13H20N2O. The molecule has 0 radical (unpaired) electrons. The van der Waals surface area contributed by atoms with E-state index in [1.54, 1.807) is 13.3 Å². The smallest absolute Gasteiger partial charge is 0.213 e. The van der Waals surface area contributed by atoms with Gasteiger partial charge in [-0.2, -0.15) is 0 Å². The first-order valence-corrected chi connectivity index (χ1v) is 6.08. The quantitative estimate of drug-likeness (QED) is 0.827. The zero-order chi connectivity index (χ0) is 11.2. The van der Waals surface area contributed by atoms with Gasteiger partial charge in [0.05, 0.1) is 7.11 Å². The predicted octanol–water partition coefficient (Wildman–Crippen LogP) is 2.37. The maximum Gasteiger partial charge on any atom is 0.213 e. The van der Waals surface area contributed by atoms with Gasteiger partial charge in [-0.15, -0.1) is 0 Å². The molecule has 0 unspecified atom stereocenters. The number of hydrogen-bond donors (Lipinski definition) is 1. The largest absolute Gasteiger partial charge is 0.481 e. The first kappa shape index (κ1) is 11.4. The number of ether oxygens (including phenoxy) is 1. The van der Waals surface area contributed by atoms with Crippen LogP contribution in [0.25, 0.3) is 0 Å². The van der Waals surface area contributed by atoms with Crippen LogP contribution in [0.2, 0.25) is 0 Å². The minimum Gasteiger partial charge on any atom is -0.481 e. The lowest BCUT2D eigenvalue weighted by Crippen LogP contribution is -2.20. The number of hydrogen-bond acceptors (Lipinski definition) is 3.